The molecule has 1 fully saturated rings. The number of furan rings is 1. The minimum atomic E-state index is 0. The molecule has 2 aromatic rings. The van der Waals surface area contributed by atoms with Gasteiger partial charge in [0.2, 0.25) is 0 Å². The number of aliphatic imine (C=N–C) groups is 1. The first kappa shape index (κ1) is 24.9. The highest BCUT2D eigenvalue weighted by Crippen LogP contribution is 2.31. The fraction of sp³-hybridized carbons (Fsp3) is 0.542. The van der Waals surface area contributed by atoms with Crippen LogP contribution in [0.3, 0.4) is 0 Å². The van der Waals surface area contributed by atoms with Crippen molar-refractivity contribution in [3.8, 4) is 5.75 Å². The van der Waals surface area contributed by atoms with Gasteiger partial charge in [-0.05, 0) is 31.0 Å². The molecule has 2 N–H and O–H groups in total. The maximum atomic E-state index is 5.83. The summed E-state index contributed by atoms with van der Waals surface area (Å²) in [5.41, 5.74) is 1.20. The number of hydrogen-bond donors (Lipinski definition) is 2. The number of likely N-dealkylation sites (tertiary alicyclic amines) is 1. The van der Waals surface area contributed by atoms with Crippen LogP contribution in [-0.2, 0) is 11.2 Å². The minimum Gasteiger partial charge on any atom is -0.493 e. The lowest BCUT2D eigenvalue weighted by Gasteiger charge is -2.34. The molecule has 1 unspecified atom stereocenters. The number of nitrogens with one attached hydrogen (secondary N) is 2. The van der Waals surface area contributed by atoms with Crippen LogP contribution in [0.15, 0.2) is 52.1 Å². The molecule has 2 aliphatic heterocycles. The first-order valence-electron chi connectivity index (χ1n) is 11.3. The molecule has 1 atom stereocenters. The van der Waals surface area contributed by atoms with E-state index in [4.69, 9.17) is 18.9 Å². The van der Waals surface area contributed by atoms with E-state index >= 15 is 0 Å². The molecule has 0 radical (unpaired) electrons. The van der Waals surface area contributed by atoms with E-state index in [0.717, 1.165) is 69.4 Å². The summed E-state index contributed by atoms with van der Waals surface area (Å²) in [7, 11) is 1.76. The van der Waals surface area contributed by atoms with Crippen LogP contribution >= 0.6 is 24.0 Å². The summed E-state index contributed by atoms with van der Waals surface area (Å²) in [6, 6.07) is 12.8. The molecule has 2 aliphatic rings. The lowest BCUT2D eigenvalue weighted by Crippen LogP contribution is -2.50. The van der Waals surface area contributed by atoms with Gasteiger partial charge in [-0.25, -0.2) is 0 Å². The molecule has 0 spiro atoms. The highest BCUT2D eigenvalue weighted by atomic mass is 127. The van der Waals surface area contributed by atoms with Gasteiger partial charge in [0.05, 0.1) is 25.5 Å². The molecule has 176 valence electrons. The van der Waals surface area contributed by atoms with Crippen LogP contribution < -0.4 is 15.4 Å². The summed E-state index contributed by atoms with van der Waals surface area (Å²) in [6.07, 6.45) is 5.64. The maximum absolute atomic E-state index is 5.83. The summed E-state index contributed by atoms with van der Waals surface area (Å²) < 4.78 is 16.5. The lowest BCUT2D eigenvalue weighted by atomic mass is 10.0. The number of benzene rings is 1. The molecule has 32 heavy (non-hydrogen) atoms. The zero-order valence-electron chi connectivity index (χ0n) is 18.8. The third kappa shape index (κ3) is 7.11. The number of methoxy groups -OCH3 is 1. The van der Waals surface area contributed by atoms with Crippen LogP contribution in [0, 0.1) is 0 Å². The van der Waals surface area contributed by atoms with Crippen LogP contribution in [0.4, 0.5) is 0 Å². The van der Waals surface area contributed by atoms with E-state index in [1.807, 2.05) is 24.3 Å². The number of rotatable bonds is 8. The molecule has 8 heteroatoms. The number of guanidine groups is 1. The van der Waals surface area contributed by atoms with Gasteiger partial charge in [0.15, 0.2) is 5.96 Å². The molecule has 4 rings (SSSR count). The van der Waals surface area contributed by atoms with Crippen molar-refractivity contribution < 1.29 is 13.9 Å². The largest absolute Gasteiger partial charge is 0.493 e. The Labute approximate surface area is 208 Å². The monoisotopic (exact) mass is 554 g/mol. The molecule has 0 aliphatic carbocycles. The summed E-state index contributed by atoms with van der Waals surface area (Å²) in [5, 5.41) is 7.38. The van der Waals surface area contributed by atoms with E-state index in [2.05, 4.69) is 27.7 Å². The number of nitrogens with zero attached hydrogens (tertiary/aromatic N) is 2. The third-order valence-corrected chi connectivity index (χ3v) is 6.02. The number of piperidine rings is 1. The second kappa shape index (κ2) is 13.1. The van der Waals surface area contributed by atoms with E-state index in [1.165, 1.54) is 5.56 Å². The molecule has 0 amide bonds. The van der Waals surface area contributed by atoms with Crippen molar-refractivity contribution in [2.75, 3.05) is 46.5 Å². The summed E-state index contributed by atoms with van der Waals surface area (Å²) in [5.74, 6) is 2.81. The van der Waals surface area contributed by atoms with Crippen molar-refractivity contribution in [2.45, 2.75) is 37.8 Å². The topological polar surface area (TPSA) is 71.3 Å². The van der Waals surface area contributed by atoms with Crippen LogP contribution in [-0.4, -0.2) is 63.4 Å². The summed E-state index contributed by atoms with van der Waals surface area (Å²) in [4.78, 5) is 7.36. The van der Waals surface area contributed by atoms with Crippen molar-refractivity contribution in [1.82, 2.24) is 15.5 Å². The number of fused-ring (bicyclic) bond motifs is 1. The Balaban J connectivity index is 0.00000289. The molecule has 1 aromatic carbocycles. The molecule has 7 nitrogen and oxygen atoms in total. The Morgan fingerprint density at radius 1 is 1.12 bits per heavy atom. The Bertz CT molecular complexity index is 822. The second-order valence-electron chi connectivity index (χ2n) is 8.18. The van der Waals surface area contributed by atoms with Gasteiger partial charge < -0.3 is 29.4 Å². The van der Waals surface area contributed by atoms with Gasteiger partial charge in [-0.15, -0.1) is 24.0 Å². The smallest absolute Gasteiger partial charge is 0.191 e. The summed E-state index contributed by atoms with van der Waals surface area (Å²) >= 11 is 0. The van der Waals surface area contributed by atoms with Crippen LogP contribution in [0.25, 0.3) is 0 Å². The van der Waals surface area contributed by atoms with Crippen LogP contribution in [0.5, 0.6) is 5.75 Å². The van der Waals surface area contributed by atoms with Crippen LogP contribution in [0.1, 0.15) is 36.6 Å². The first-order chi connectivity index (χ1) is 15.3. The van der Waals surface area contributed by atoms with Crippen molar-refractivity contribution in [3.05, 3.63) is 54.0 Å². The van der Waals surface area contributed by atoms with Gasteiger partial charge in [-0.3, -0.25) is 4.99 Å². The molecule has 1 aromatic heterocycles. The average Bonchev–Trinajstić information content (AvgIpc) is 3.32. The molecule has 3 heterocycles. The third-order valence-electron chi connectivity index (χ3n) is 6.02. The van der Waals surface area contributed by atoms with E-state index < -0.39 is 0 Å². The standard InChI is InChI=1S/C24H34N4O3.HI/c1-29-18-15-28-13-9-19(10-14-28)26-24(25-12-8-20-5-4-16-30-20)27-22-11-17-31-23-7-3-2-6-21(22)23;/h2-7,16,19,22H,8-15,17-18H2,1H3,(H2,25,26,27);1H. The predicted octanol–water partition coefficient (Wildman–Crippen LogP) is 3.61. The number of halogens is 1. The first-order valence-corrected chi connectivity index (χ1v) is 11.3. The fourth-order valence-corrected chi connectivity index (χ4v) is 4.24. The van der Waals surface area contributed by atoms with E-state index in [9.17, 15) is 0 Å². The van der Waals surface area contributed by atoms with Crippen LogP contribution in [0.2, 0.25) is 0 Å². The Hall–Kier alpha value is -1.78. The van der Waals surface area contributed by atoms with Gasteiger partial charge in [-0.1, -0.05) is 18.2 Å². The SMILES string of the molecule is COCCN1CCC(NC(=NCCc2ccco2)NC2CCOc3ccccc32)CC1.I. The van der Waals surface area contributed by atoms with Gasteiger partial charge in [0, 0.05) is 57.7 Å². The van der Waals surface area contributed by atoms with E-state index in [1.54, 1.807) is 13.4 Å². The van der Waals surface area contributed by atoms with Crippen molar-refractivity contribution >= 4 is 29.9 Å². The van der Waals surface area contributed by atoms with Gasteiger partial charge >= 0.3 is 0 Å². The zero-order chi connectivity index (χ0) is 21.3. The number of ether oxygens (including phenoxy) is 2. The number of para-hydroxylation sites is 1. The van der Waals surface area contributed by atoms with Gasteiger partial charge in [0.25, 0.3) is 0 Å². The average molecular weight is 554 g/mol. The quantitative estimate of drug-likeness (QED) is 0.295. The van der Waals surface area contributed by atoms with E-state index in [0.29, 0.717) is 19.2 Å². The van der Waals surface area contributed by atoms with E-state index in [-0.39, 0.29) is 30.0 Å². The Morgan fingerprint density at radius 3 is 2.75 bits per heavy atom. The molecule has 1 saturated heterocycles. The fourth-order valence-electron chi connectivity index (χ4n) is 4.24. The Morgan fingerprint density at radius 2 is 1.97 bits per heavy atom. The normalized spacial score (nSPS) is 19.5. The maximum Gasteiger partial charge on any atom is 0.191 e. The highest BCUT2D eigenvalue weighted by Gasteiger charge is 2.24. The van der Waals surface area contributed by atoms with Gasteiger partial charge in [0.1, 0.15) is 11.5 Å². The van der Waals surface area contributed by atoms with Gasteiger partial charge in [-0.2, -0.15) is 0 Å². The molecular formula is C24H35IN4O3. The van der Waals surface area contributed by atoms with Crippen molar-refractivity contribution in [1.29, 1.82) is 0 Å². The zero-order valence-corrected chi connectivity index (χ0v) is 21.1. The summed E-state index contributed by atoms with van der Waals surface area (Å²) in [6.45, 7) is 5.36. The predicted molar refractivity (Wildman–Crippen MR) is 137 cm³/mol. The second-order valence-corrected chi connectivity index (χ2v) is 8.18. The highest BCUT2D eigenvalue weighted by molar-refractivity contribution is 14.0. The Kier molecular flexibility index (Phi) is 10.1. The van der Waals surface area contributed by atoms with Crippen molar-refractivity contribution in [2.24, 2.45) is 4.99 Å². The lowest BCUT2D eigenvalue weighted by molar-refractivity contribution is 0.128. The molecular weight excluding hydrogens is 519 g/mol. The molecule has 0 saturated carbocycles. The van der Waals surface area contributed by atoms with Crippen molar-refractivity contribution in [3.63, 3.8) is 0 Å². The molecule has 0 bridgehead atoms. The number of hydrogen-bond acceptors (Lipinski definition) is 5. The minimum absolute atomic E-state index is 0.